The fourth-order valence-corrected chi connectivity index (χ4v) is 2.67. The van der Waals surface area contributed by atoms with Gasteiger partial charge in [-0.2, -0.15) is 0 Å². The molecule has 2 heteroatoms. The quantitative estimate of drug-likeness (QED) is 0.844. The fourth-order valence-electron chi connectivity index (χ4n) is 2.67. The summed E-state index contributed by atoms with van der Waals surface area (Å²) < 4.78 is 0. The Kier molecular flexibility index (Phi) is 3.60. The maximum absolute atomic E-state index is 10.8. The molecule has 0 atom stereocenters. The Bertz CT molecular complexity index is 365. The molecule has 0 radical (unpaired) electrons. The molecular weight excluding hydrogens is 200 g/mol. The molecule has 2 nitrogen and oxygen atoms in total. The van der Waals surface area contributed by atoms with E-state index in [1.54, 1.807) is 0 Å². The molecule has 0 amide bonds. The van der Waals surface area contributed by atoms with E-state index in [4.69, 9.17) is 5.11 Å². The third-order valence-electron chi connectivity index (χ3n) is 3.44. The van der Waals surface area contributed by atoms with Crippen molar-refractivity contribution in [3.63, 3.8) is 0 Å². The minimum Gasteiger partial charge on any atom is -0.481 e. The van der Waals surface area contributed by atoms with Gasteiger partial charge in [0.15, 0.2) is 0 Å². The van der Waals surface area contributed by atoms with E-state index in [9.17, 15) is 4.79 Å². The van der Waals surface area contributed by atoms with Crippen molar-refractivity contribution in [2.24, 2.45) is 0 Å². The van der Waals surface area contributed by atoms with Crippen molar-refractivity contribution in [3.8, 4) is 0 Å². The SMILES string of the molecule is O=C(O)Cc1ccccc1C1CCCCC1. The van der Waals surface area contributed by atoms with Gasteiger partial charge in [-0.05, 0) is 29.9 Å². The van der Waals surface area contributed by atoms with Crippen molar-refractivity contribution in [3.05, 3.63) is 35.4 Å². The van der Waals surface area contributed by atoms with Gasteiger partial charge < -0.3 is 5.11 Å². The lowest BCUT2D eigenvalue weighted by molar-refractivity contribution is -0.136. The lowest BCUT2D eigenvalue weighted by atomic mass is 9.81. The predicted molar refractivity (Wildman–Crippen MR) is 63.6 cm³/mol. The number of carbonyl (C=O) groups is 1. The van der Waals surface area contributed by atoms with Crippen LogP contribution in [0.1, 0.15) is 49.1 Å². The van der Waals surface area contributed by atoms with E-state index in [0.717, 1.165) is 5.56 Å². The van der Waals surface area contributed by atoms with Gasteiger partial charge in [0.05, 0.1) is 6.42 Å². The number of carboxylic acid groups (broad SMARTS) is 1. The zero-order chi connectivity index (χ0) is 11.4. The minimum atomic E-state index is -0.733. The van der Waals surface area contributed by atoms with Crippen LogP contribution in [0, 0.1) is 0 Å². The summed E-state index contributed by atoms with van der Waals surface area (Å²) in [7, 11) is 0. The lowest BCUT2D eigenvalue weighted by Gasteiger charge is -2.24. The van der Waals surface area contributed by atoms with Crippen LogP contribution in [0.4, 0.5) is 0 Å². The number of hydrogen-bond acceptors (Lipinski definition) is 1. The van der Waals surface area contributed by atoms with Crippen molar-refractivity contribution in [2.45, 2.75) is 44.4 Å². The van der Waals surface area contributed by atoms with E-state index >= 15 is 0 Å². The van der Waals surface area contributed by atoms with Gasteiger partial charge in [-0.3, -0.25) is 4.79 Å². The summed E-state index contributed by atoms with van der Waals surface area (Å²) in [4.78, 5) is 10.8. The molecule has 1 N–H and O–H groups in total. The van der Waals surface area contributed by atoms with Crippen LogP contribution in [-0.2, 0) is 11.2 Å². The molecule has 1 aliphatic carbocycles. The molecular formula is C14H18O2. The summed E-state index contributed by atoms with van der Waals surface area (Å²) in [5, 5.41) is 8.89. The first-order valence-corrected chi connectivity index (χ1v) is 6.07. The largest absolute Gasteiger partial charge is 0.481 e. The van der Waals surface area contributed by atoms with Crippen molar-refractivity contribution in [2.75, 3.05) is 0 Å². The van der Waals surface area contributed by atoms with Crippen LogP contribution in [0.15, 0.2) is 24.3 Å². The summed E-state index contributed by atoms with van der Waals surface area (Å²) in [6.07, 6.45) is 6.50. The Morgan fingerprint density at radius 2 is 1.88 bits per heavy atom. The Balaban J connectivity index is 2.20. The molecule has 1 aromatic carbocycles. The molecule has 0 aromatic heterocycles. The summed E-state index contributed by atoms with van der Waals surface area (Å²) in [5.74, 6) is -0.146. The second-order valence-corrected chi connectivity index (χ2v) is 4.60. The predicted octanol–water partition coefficient (Wildman–Crippen LogP) is 3.36. The number of rotatable bonds is 3. The van der Waals surface area contributed by atoms with E-state index in [2.05, 4.69) is 6.07 Å². The first-order chi connectivity index (χ1) is 7.77. The Morgan fingerprint density at radius 1 is 1.19 bits per heavy atom. The molecule has 1 aromatic rings. The smallest absolute Gasteiger partial charge is 0.307 e. The second kappa shape index (κ2) is 5.15. The van der Waals surface area contributed by atoms with Gasteiger partial charge in [0.1, 0.15) is 0 Å². The van der Waals surface area contributed by atoms with E-state index in [-0.39, 0.29) is 6.42 Å². The standard InChI is InChI=1S/C14H18O2/c15-14(16)10-12-8-4-5-9-13(12)11-6-2-1-3-7-11/h4-5,8-9,11H,1-3,6-7,10H2,(H,15,16). The highest BCUT2D eigenvalue weighted by Gasteiger charge is 2.18. The molecule has 0 saturated heterocycles. The Morgan fingerprint density at radius 3 is 2.56 bits per heavy atom. The van der Waals surface area contributed by atoms with Crippen LogP contribution in [0.2, 0.25) is 0 Å². The second-order valence-electron chi connectivity index (χ2n) is 4.60. The topological polar surface area (TPSA) is 37.3 Å². The average Bonchev–Trinajstić information content (AvgIpc) is 2.30. The van der Waals surface area contributed by atoms with E-state index in [0.29, 0.717) is 5.92 Å². The third-order valence-corrected chi connectivity index (χ3v) is 3.44. The van der Waals surface area contributed by atoms with Gasteiger partial charge in [0, 0.05) is 0 Å². The van der Waals surface area contributed by atoms with Crippen molar-refractivity contribution in [1.82, 2.24) is 0 Å². The van der Waals surface area contributed by atoms with E-state index in [1.807, 2.05) is 18.2 Å². The van der Waals surface area contributed by atoms with Gasteiger partial charge in [-0.1, -0.05) is 43.5 Å². The summed E-state index contributed by atoms with van der Waals surface area (Å²) >= 11 is 0. The zero-order valence-corrected chi connectivity index (χ0v) is 9.48. The molecule has 86 valence electrons. The number of benzene rings is 1. The highest BCUT2D eigenvalue weighted by atomic mass is 16.4. The van der Waals surface area contributed by atoms with E-state index < -0.39 is 5.97 Å². The molecule has 0 spiro atoms. The lowest BCUT2D eigenvalue weighted by Crippen LogP contribution is -2.10. The summed E-state index contributed by atoms with van der Waals surface area (Å²) in [6.45, 7) is 0. The van der Waals surface area contributed by atoms with Crippen LogP contribution < -0.4 is 0 Å². The molecule has 1 saturated carbocycles. The van der Waals surface area contributed by atoms with Gasteiger partial charge in [-0.25, -0.2) is 0 Å². The maximum Gasteiger partial charge on any atom is 0.307 e. The van der Waals surface area contributed by atoms with Crippen molar-refractivity contribution < 1.29 is 9.90 Å². The number of aliphatic carboxylic acids is 1. The van der Waals surface area contributed by atoms with Gasteiger partial charge in [0.2, 0.25) is 0 Å². The first kappa shape index (κ1) is 11.2. The molecule has 0 unspecified atom stereocenters. The molecule has 2 rings (SSSR count). The van der Waals surface area contributed by atoms with Gasteiger partial charge >= 0.3 is 5.97 Å². The number of hydrogen-bond donors (Lipinski definition) is 1. The Labute approximate surface area is 96.3 Å². The molecule has 16 heavy (non-hydrogen) atoms. The van der Waals surface area contributed by atoms with Crippen molar-refractivity contribution >= 4 is 5.97 Å². The minimum absolute atomic E-state index is 0.159. The first-order valence-electron chi connectivity index (χ1n) is 6.07. The third kappa shape index (κ3) is 2.63. The maximum atomic E-state index is 10.8. The molecule has 1 fully saturated rings. The average molecular weight is 218 g/mol. The Hall–Kier alpha value is -1.31. The van der Waals surface area contributed by atoms with Gasteiger partial charge in [-0.15, -0.1) is 0 Å². The molecule has 0 aliphatic heterocycles. The van der Waals surface area contributed by atoms with Crippen LogP contribution in [0.3, 0.4) is 0 Å². The monoisotopic (exact) mass is 218 g/mol. The van der Waals surface area contributed by atoms with Gasteiger partial charge in [0.25, 0.3) is 0 Å². The summed E-state index contributed by atoms with van der Waals surface area (Å²) in [6, 6.07) is 8.02. The molecule has 0 heterocycles. The zero-order valence-electron chi connectivity index (χ0n) is 9.48. The normalized spacial score (nSPS) is 17.2. The van der Waals surface area contributed by atoms with Crippen molar-refractivity contribution in [1.29, 1.82) is 0 Å². The molecule has 0 bridgehead atoms. The van der Waals surface area contributed by atoms with E-state index in [1.165, 1.54) is 37.7 Å². The van der Waals surface area contributed by atoms with Crippen LogP contribution >= 0.6 is 0 Å². The fraction of sp³-hybridized carbons (Fsp3) is 0.500. The van der Waals surface area contributed by atoms with Crippen LogP contribution in [0.25, 0.3) is 0 Å². The highest BCUT2D eigenvalue weighted by Crippen LogP contribution is 2.34. The highest BCUT2D eigenvalue weighted by molar-refractivity contribution is 5.70. The number of carboxylic acids is 1. The van der Waals surface area contributed by atoms with Crippen LogP contribution in [-0.4, -0.2) is 11.1 Å². The molecule has 1 aliphatic rings. The van der Waals surface area contributed by atoms with Crippen LogP contribution in [0.5, 0.6) is 0 Å². The summed E-state index contributed by atoms with van der Waals surface area (Å²) in [5.41, 5.74) is 2.27.